The van der Waals surface area contributed by atoms with Crippen molar-refractivity contribution < 1.29 is 4.74 Å². The van der Waals surface area contributed by atoms with Gasteiger partial charge in [-0.2, -0.15) is 4.98 Å². The predicted octanol–water partition coefficient (Wildman–Crippen LogP) is 3.07. The summed E-state index contributed by atoms with van der Waals surface area (Å²) in [5, 5.41) is 0. The van der Waals surface area contributed by atoms with E-state index >= 15 is 0 Å². The van der Waals surface area contributed by atoms with Crippen molar-refractivity contribution in [3.8, 4) is 17.3 Å². The van der Waals surface area contributed by atoms with Crippen molar-refractivity contribution in [1.82, 2.24) is 9.97 Å². The quantitative estimate of drug-likeness (QED) is 0.636. The number of nitrogens with two attached hydrogens (primary N) is 1. The number of nitrogen functional groups attached to an aromatic ring is 1. The Hall–Kier alpha value is -2.36. The highest BCUT2D eigenvalue weighted by Crippen LogP contribution is 2.19. The lowest BCUT2D eigenvalue weighted by molar-refractivity contribution is 0.300. The number of unbranched alkanes of at least 4 members (excludes halogenated alkanes) is 1. The molecule has 0 radical (unpaired) electrons. The van der Waals surface area contributed by atoms with Gasteiger partial charge in [-0.25, -0.2) is 4.98 Å². The first-order valence-corrected chi connectivity index (χ1v) is 6.23. The average Bonchev–Trinajstić information content (AvgIpc) is 2.44. The Balaban J connectivity index is 2.13. The van der Waals surface area contributed by atoms with Gasteiger partial charge in [0.1, 0.15) is 5.82 Å². The molecule has 1 aromatic heterocycles. The molecule has 2 aromatic rings. The van der Waals surface area contributed by atoms with Crippen LogP contribution in [0.25, 0.3) is 11.4 Å². The van der Waals surface area contributed by atoms with Crippen LogP contribution in [0, 0.1) is 0 Å². The molecule has 0 atom stereocenters. The summed E-state index contributed by atoms with van der Waals surface area (Å²) in [5.74, 6) is 1.50. The van der Waals surface area contributed by atoms with Gasteiger partial charge < -0.3 is 10.5 Å². The van der Waals surface area contributed by atoms with Crippen LogP contribution in [0.5, 0.6) is 5.88 Å². The number of anilines is 1. The second kappa shape index (κ2) is 6.54. The van der Waals surface area contributed by atoms with Gasteiger partial charge in [0.2, 0.25) is 5.88 Å². The Kier molecular flexibility index (Phi) is 4.50. The maximum absolute atomic E-state index is 5.78. The van der Waals surface area contributed by atoms with Gasteiger partial charge in [0.25, 0.3) is 0 Å². The van der Waals surface area contributed by atoms with Crippen LogP contribution in [0.1, 0.15) is 12.8 Å². The van der Waals surface area contributed by atoms with Crippen LogP contribution in [-0.2, 0) is 0 Å². The average molecular weight is 255 g/mol. The molecule has 2 N–H and O–H groups in total. The van der Waals surface area contributed by atoms with Crippen LogP contribution < -0.4 is 10.5 Å². The molecule has 1 heterocycles. The normalized spacial score (nSPS) is 10.1. The van der Waals surface area contributed by atoms with Gasteiger partial charge in [-0.1, -0.05) is 36.4 Å². The molecule has 0 amide bonds. The van der Waals surface area contributed by atoms with Crippen LogP contribution in [0.2, 0.25) is 0 Å². The SMILES string of the molecule is C=CCCCOc1cc(N)nc(-c2ccccc2)n1. The number of allylic oxidation sites excluding steroid dienone is 1. The lowest BCUT2D eigenvalue weighted by Crippen LogP contribution is -2.02. The minimum Gasteiger partial charge on any atom is -0.478 e. The van der Waals surface area contributed by atoms with Crippen LogP contribution in [-0.4, -0.2) is 16.6 Å². The van der Waals surface area contributed by atoms with E-state index in [1.54, 1.807) is 6.07 Å². The molecule has 98 valence electrons. The molecular weight excluding hydrogens is 238 g/mol. The van der Waals surface area contributed by atoms with E-state index in [1.165, 1.54) is 0 Å². The fourth-order valence-electron chi connectivity index (χ4n) is 1.64. The topological polar surface area (TPSA) is 61.0 Å². The molecule has 0 aliphatic rings. The molecule has 0 saturated heterocycles. The molecule has 0 aliphatic carbocycles. The molecule has 0 unspecified atom stereocenters. The molecule has 0 aliphatic heterocycles. The van der Waals surface area contributed by atoms with Crippen molar-refractivity contribution in [2.75, 3.05) is 12.3 Å². The van der Waals surface area contributed by atoms with E-state index in [4.69, 9.17) is 10.5 Å². The number of hydrogen-bond acceptors (Lipinski definition) is 4. The van der Waals surface area contributed by atoms with Gasteiger partial charge in [-0.05, 0) is 12.8 Å². The third kappa shape index (κ3) is 3.81. The van der Waals surface area contributed by atoms with Crippen molar-refractivity contribution in [2.45, 2.75) is 12.8 Å². The van der Waals surface area contributed by atoms with Crippen molar-refractivity contribution in [1.29, 1.82) is 0 Å². The number of aromatic nitrogens is 2. The van der Waals surface area contributed by atoms with Gasteiger partial charge in [0, 0.05) is 11.6 Å². The smallest absolute Gasteiger partial charge is 0.219 e. The highest BCUT2D eigenvalue weighted by atomic mass is 16.5. The highest BCUT2D eigenvalue weighted by molar-refractivity contribution is 5.57. The Morgan fingerprint density at radius 1 is 1.21 bits per heavy atom. The third-order valence-corrected chi connectivity index (χ3v) is 2.56. The first-order chi connectivity index (χ1) is 9.29. The molecule has 0 fully saturated rings. The van der Waals surface area contributed by atoms with E-state index in [1.807, 2.05) is 36.4 Å². The molecule has 19 heavy (non-hydrogen) atoms. The maximum atomic E-state index is 5.78. The van der Waals surface area contributed by atoms with Gasteiger partial charge >= 0.3 is 0 Å². The summed E-state index contributed by atoms with van der Waals surface area (Å²) in [7, 11) is 0. The summed E-state index contributed by atoms with van der Waals surface area (Å²) in [6.07, 6.45) is 3.70. The lowest BCUT2D eigenvalue weighted by atomic mass is 10.2. The van der Waals surface area contributed by atoms with Gasteiger partial charge in [0.15, 0.2) is 5.82 Å². The fourth-order valence-corrected chi connectivity index (χ4v) is 1.64. The highest BCUT2D eigenvalue weighted by Gasteiger charge is 2.05. The zero-order valence-corrected chi connectivity index (χ0v) is 10.7. The number of benzene rings is 1. The summed E-state index contributed by atoms with van der Waals surface area (Å²) in [5.41, 5.74) is 6.70. The van der Waals surface area contributed by atoms with E-state index in [0.29, 0.717) is 24.1 Å². The van der Waals surface area contributed by atoms with E-state index in [-0.39, 0.29) is 0 Å². The maximum Gasteiger partial charge on any atom is 0.219 e. The monoisotopic (exact) mass is 255 g/mol. The molecule has 4 nitrogen and oxygen atoms in total. The molecule has 2 rings (SSSR count). The predicted molar refractivity (Wildman–Crippen MR) is 76.8 cm³/mol. The largest absolute Gasteiger partial charge is 0.478 e. The summed E-state index contributed by atoms with van der Waals surface area (Å²) in [6.45, 7) is 4.27. The van der Waals surface area contributed by atoms with Gasteiger partial charge in [-0.15, -0.1) is 6.58 Å². The number of nitrogens with zero attached hydrogens (tertiary/aromatic N) is 2. The molecule has 0 bridgehead atoms. The van der Waals surface area contributed by atoms with Crippen LogP contribution in [0.15, 0.2) is 49.1 Å². The first kappa shape index (κ1) is 13.1. The summed E-state index contributed by atoms with van der Waals surface area (Å²) < 4.78 is 5.57. The third-order valence-electron chi connectivity index (χ3n) is 2.56. The lowest BCUT2D eigenvalue weighted by Gasteiger charge is -2.07. The Bertz CT molecular complexity index is 540. The van der Waals surface area contributed by atoms with E-state index in [0.717, 1.165) is 18.4 Å². The second-order valence-electron chi connectivity index (χ2n) is 4.10. The first-order valence-electron chi connectivity index (χ1n) is 6.23. The van der Waals surface area contributed by atoms with Gasteiger partial charge in [0.05, 0.1) is 6.61 Å². The zero-order chi connectivity index (χ0) is 13.5. The standard InChI is InChI=1S/C15H17N3O/c1-2-3-7-10-19-14-11-13(16)17-15(18-14)12-8-5-4-6-9-12/h2,4-6,8-9,11H,1,3,7,10H2,(H2,16,17,18). The van der Waals surface area contributed by atoms with Gasteiger partial charge in [-0.3, -0.25) is 0 Å². The fraction of sp³-hybridized carbons (Fsp3) is 0.200. The minimum atomic E-state index is 0.410. The zero-order valence-electron chi connectivity index (χ0n) is 10.7. The van der Waals surface area contributed by atoms with Crippen LogP contribution >= 0.6 is 0 Å². The van der Waals surface area contributed by atoms with E-state index in [2.05, 4.69) is 16.5 Å². The van der Waals surface area contributed by atoms with E-state index < -0.39 is 0 Å². The van der Waals surface area contributed by atoms with E-state index in [9.17, 15) is 0 Å². The van der Waals surface area contributed by atoms with Crippen molar-refractivity contribution in [3.05, 3.63) is 49.1 Å². The number of hydrogen-bond donors (Lipinski definition) is 1. The molecular formula is C15H17N3O. The Morgan fingerprint density at radius 2 is 2.00 bits per heavy atom. The Morgan fingerprint density at radius 3 is 2.74 bits per heavy atom. The molecule has 0 spiro atoms. The van der Waals surface area contributed by atoms with Crippen LogP contribution in [0.4, 0.5) is 5.82 Å². The second-order valence-corrected chi connectivity index (χ2v) is 4.10. The van der Waals surface area contributed by atoms with Crippen molar-refractivity contribution in [2.24, 2.45) is 0 Å². The summed E-state index contributed by atoms with van der Waals surface area (Å²) in [6, 6.07) is 11.3. The molecule has 0 saturated carbocycles. The van der Waals surface area contributed by atoms with Crippen molar-refractivity contribution in [3.63, 3.8) is 0 Å². The molecule has 1 aromatic carbocycles. The van der Waals surface area contributed by atoms with Crippen molar-refractivity contribution >= 4 is 5.82 Å². The summed E-state index contributed by atoms with van der Waals surface area (Å²) in [4.78, 5) is 8.58. The molecule has 4 heteroatoms. The summed E-state index contributed by atoms with van der Waals surface area (Å²) >= 11 is 0. The number of rotatable bonds is 6. The Labute approximate surface area is 113 Å². The van der Waals surface area contributed by atoms with Crippen LogP contribution in [0.3, 0.4) is 0 Å². The number of ether oxygens (including phenoxy) is 1. The minimum absolute atomic E-state index is 0.410.